The van der Waals surface area contributed by atoms with Gasteiger partial charge in [-0.1, -0.05) is 12.1 Å². The van der Waals surface area contributed by atoms with E-state index >= 15 is 0 Å². The monoisotopic (exact) mass is 237 g/mol. The van der Waals surface area contributed by atoms with E-state index in [-0.39, 0.29) is 11.6 Å². The quantitative estimate of drug-likeness (QED) is 0.825. The molecule has 1 N–H and O–H groups in total. The summed E-state index contributed by atoms with van der Waals surface area (Å²) in [5.41, 5.74) is 0.963. The minimum Gasteiger partial charge on any atom is -0.497 e. The predicted octanol–water partition coefficient (Wildman–Crippen LogP) is 2.77. The molecular formula is C14H23NO2. The third kappa shape index (κ3) is 3.45. The first-order chi connectivity index (χ1) is 8.05. The summed E-state index contributed by atoms with van der Waals surface area (Å²) in [6.07, 6.45) is 0. The maximum atomic E-state index is 5.80. The lowest BCUT2D eigenvalue weighted by atomic mass is 9.91. The average Bonchev–Trinajstić information content (AvgIpc) is 2.30. The molecule has 17 heavy (non-hydrogen) atoms. The molecule has 1 rings (SSSR count). The van der Waals surface area contributed by atoms with Crippen LogP contribution in [0.2, 0.25) is 0 Å². The highest BCUT2D eigenvalue weighted by atomic mass is 16.5. The van der Waals surface area contributed by atoms with Crippen molar-refractivity contribution in [3.8, 4) is 5.75 Å². The lowest BCUT2D eigenvalue weighted by Gasteiger charge is -2.34. The Morgan fingerprint density at radius 2 is 1.82 bits per heavy atom. The van der Waals surface area contributed by atoms with Gasteiger partial charge in [0.1, 0.15) is 5.75 Å². The van der Waals surface area contributed by atoms with Crippen molar-refractivity contribution in [2.24, 2.45) is 0 Å². The summed E-state index contributed by atoms with van der Waals surface area (Å²) in [6.45, 7) is 6.92. The molecule has 0 bridgehead atoms. The van der Waals surface area contributed by atoms with Crippen LogP contribution in [0.5, 0.6) is 5.75 Å². The summed E-state index contributed by atoms with van der Waals surface area (Å²) >= 11 is 0. The Balaban J connectivity index is 2.92. The number of methoxy groups -OCH3 is 1. The molecule has 1 aromatic rings. The van der Waals surface area contributed by atoms with E-state index in [1.165, 1.54) is 5.56 Å². The number of benzene rings is 1. The minimum atomic E-state index is -0.238. The molecule has 0 spiro atoms. The maximum absolute atomic E-state index is 5.80. The van der Waals surface area contributed by atoms with Crippen molar-refractivity contribution in [2.75, 3.05) is 20.8 Å². The van der Waals surface area contributed by atoms with Crippen molar-refractivity contribution >= 4 is 0 Å². The summed E-state index contributed by atoms with van der Waals surface area (Å²) in [4.78, 5) is 0. The second-order valence-electron chi connectivity index (χ2n) is 4.53. The van der Waals surface area contributed by atoms with Gasteiger partial charge in [0.2, 0.25) is 0 Å². The third-order valence-electron chi connectivity index (χ3n) is 2.95. The molecule has 1 aromatic carbocycles. The largest absolute Gasteiger partial charge is 0.497 e. The van der Waals surface area contributed by atoms with Crippen LogP contribution < -0.4 is 10.1 Å². The van der Waals surface area contributed by atoms with Crippen molar-refractivity contribution in [3.05, 3.63) is 29.8 Å². The number of nitrogens with one attached hydrogen (secondary N) is 1. The summed E-state index contributed by atoms with van der Waals surface area (Å²) in [5.74, 6) is 0.873. The van der Waals surface area contributed by atoms with Gasteiger partial charge in [-0.15, -0.1) is 0 Å². The molecule has 1 atom stereocenters. The second-order valence-corrected chi connectivity index (χ2v) is 4.53. The number of ether oxygens (including phenoxy) is 2. The van der Waals surface area contributed by atoms with Gasteiger partial charge in [-0.25, -0.2) is 0 Å². The van der Waals surface area contributed by atoms with Gasteiger partial charge in [0, 0.05) is 6.61 Å². The van der Waals surface area contributed by atoms with Gasteiger partial charge in [-0.2, -0.15) is 0 Å². The van der Waals surface area contributed by atoms with Crippen LogP contribution in [0.25, 0.3) is 0 Å². The fourth-order valence-electron chi connectivity index (χ4n) is 2.17. The molecule has 0 aromatic heterocycles. The van der Waals surface area contributed by atoms with Gasteiger partial charge >= 0.3 is 0 Å². The van der Waals surface area contributed by atoms with E-state index in [2.05, 4.69) is 31.3 Å². The lowest BCUT2D eigenvalue weighted by Crippen LogP contribution is -2.40. The van der Waals surface area contributed by atoms with Crippen molar-refractivity contribution in [2.45, 2.75) is 32.4 Å². The Bertz CT molecular complexity index is 333. The van der Waals surface area contributed by atoms with Crippen molar-refractivity contribution < 1.29 is 9.47 Å². The Hall–Kier alpha value is -1.06. The Kier molecular flexibility index (Phi) is 4.97. The Morgan fingerprint density at radius 1 is 1.24 bits per heavy atom. The summed E-state index contributed by atoms with van der Waals surface area (Å²) < 4.78 is 11.0. The summed E-state index contributed by atoms with van der Waals surface area (Å²) in [7, 11) is 3.63. The molecule has 0 aliphatic heterocycles. The van der Waals surface area contributed by atoms with E-state index in [1.807, 2.05) is 26.1 Å². The smallest absolute Gasteiger partial charge is 0.118 e. The number of hydrogen-bond donors (Lipinski definition) is 1. The molecule has 96 valence electrons. The van der Waals surface area contributed by atoms with E-state index in [4.69, 9.17) is 9.47 Å². The van der Waals surface area contributed by atoms with Crippen LogP contribution in [0.4, 0.5) is 0 Å². The first-order valence-corrected chi connectivity index (χ1v) is 6.00. The van der Waals surface area contributed by atoms with Crippen LogP contribution in [0.3, 0.4) is 0 Å². The molecule has 1 unspecified atom stereocenters. The molecule has 3 nitrogen and oxygen atoms in total. The molecule has 0 heterocycles. The van der Waals surface area contributed by atoms with E-state index in [0.717, 1.165) is 5.75 Å². The van der Waals surface area contributed by atoms with Gasteiger partial charge in [-0.3, -0.25) is 0 Å². The summed E-state index contributed by atoms with van der Waals surface area (Å²) in [5, 5.41) is 3.32. The van der Waals surface area contributed by atoms with Crippen molar-refractivity contribution in [1.29, 1.82) is 0 Å². The molecule has 0 radical (unpaired) electrons. The zero-order valence-corrected chi connectivity index (χ0v) is 11.4. The highest BCUT2D eigenvalue weighted by Gasteiger charge is 2.30. The van der Waals surface area contributed by atoms with E-state index in [9.17, 15) is 0 Å². The zero-order valence-electron chi connectivity index (χ0n) is 11.4. The standard InChI is InChI=1S/C14H23NO2/c1-6-17-14(2,3)13(15-4)11-7-9-12(16-5)10-8-11/h7-10,13,15H,6H2,1-5H3. The van der Waals surface area contributed by atoms with Crippen LogP contribution in [0.1, 0.15) is 32.4 Å². The lowest BCUT2D eigenvalue weighted by molar-refractivity contribution is -0.0374. The van der Waals surface area contributed by atoms with E-state index < -0.39 is 0 Å². The fraction of sp³-hybridized carbons (Fsp3) is 0.571. The van der Waals surface area contributed by atoms with Crippen LogP contribution >= 0.6 is 0 Å². The van der Waals surface area contributed by atoms with Crippen LogP contribution in [0.15, 0.2) is 24.3 Å². The van der Waals surface area contributed by atoms with E-state index in [1.54, 1.807) is 7.11 Å². The van der Waals surface area contributed by atoms with Gasteiger partial charge < -0.3 is 14.8 Å². The van der Waals surface area contributed by atoms with Gasteiger partial charge in [0.05, 0.1) is 18.8 Å². The zero-order chi connectivity index (χ0) is 12.9. The van der Waals surface area contributed by atoms with Gasteiger partial charge in [0.15, 0.2) is 0 Å². The normalized spacial score (nSPS) is 13.5. The van der Waals surface area contributed by atoms with Crippen LogP contribution in [-0.4, -0.2) is 26.4 Å². The van der Waals surface area contributed by atoms with Crippen molar-refractivity contribution in [3.63, 3.8) is 0 Å². The molecule has 0 amide bonds. The van der Waals surface area contributed by atoms with Crippen LogP contribution in [-0.2, 0) is 4.74 Å². The Labute approximate surface area is 104 Å². The third-order valence-corrected chi connectivity index (χ3v) is 2.95. The van der Waals surface area contributed by atoms with Crippen molar-refractivity contribution in [1.82, 2.24) is 5.32 Å². The van der Waals surface area contributed by atoms with E-state index in [0.29, 0.717) is 6.61 Å². The van der Waals surface area contributed by atoms with Gasteiger partial charge in [-0.05, 0) is 45.5 Å². The highest BCUT2D eigenvalue weighted by Crippen LogP contribution is 2.29. The summed E-state index contributed by atoms with van der Waals surface area (Å²) in [6, 6.07) is 8.25. The Morgan fingerprint density at radius 3 is 2.24 bits per heavy atom. The number of likely N-dealkylation sites (N-methyl/N-ethyl adjacent to an activating group) is 1. The first kappa shape index (κ1) is 14.0. The molecule has 0 aliphatic carbocycles. The molecular weight excluding hydrogens is 214 g/mol. The topological polar surface area (TPSA) is 30.5 Å². The molecule has 0 aliphatic rings. The fourth-order valence-corrected chi connectivity index (χ4v) is 2.17. The highest BCUT2D eigenvalue weighted by molar-refractivity contribution is 5.30. The minimum absolute atomic E-state index is 0.161. The molecule has 3 heteroatoms. The van der Waals surface area contributed by atoms with Gasteiger partial charge in [0.25, 0.3) is 0 Å². The van der Waals surface area contributed by atoms with Crippen LogP contribution in [0, 0.1) is 0 Å². The molecule has 0 fully saturated rings. The average molecular weight is 237 g/mol. The predicted molar refractivity (Wildman–Crippen MR) is 70.5 cm³/mol. The molecule has 0 saturated heterocycles. The number of hydrogen-bond acceptors (Lipinski definition) is 3. The first-order valence-electron chi connectivity index (χ1n) is 6.00. The second kappa shape index (κ2) is 6.03. The number of rotatable bonds is 6. The SMILES string of the molecule is CCOC(C)(C)C(NC)c1ccc(OC)cc1. The maximum Gasteiger partial charge on any atom is 0.118 e. The molecule has 0 saturated carbocycles.